The van der Waals surface area contributed by atoms with Gasteiger partial charge in [0.15, 0.2) is 6.61 Å². The van der Waals surface area contributed by atoms with Crippen LogP contribution in [0.1, 0.15) is 38.5 Å². The van der Waals surface area contributed by atoms with Gasteiger partial charge in [-0.25, -0.2) is 0 Å². The van der Waals surface area contributed by atoms with E-state index in [-0.39, 0.29) is 11.5 Å². The quantitative estimate of drug-likeness (QED) is 0.451. The fraction of sp³-hybridized carbons (Fsp3) is 0.476. The molecule has 1 aromatic carbocycles. The zero-order valence-corrected chi connectivity index (χ0v) is 15.9. The Hall–Kier alpha value is -2.81. The molecule has 142 valence electrons. The highest BCUT2D eigenvalue weighted by Gasteiger charge is 2.31. The number of hydrogen-bond donors (Lipinski definition) is 0. The van der Waals surface area contributed by atoms with Crippen LogP contribution in [0.25, 0.3) is 0 Å². The summed E-state index contributed by atoms with van der Waals surface area (Å²) in [6.45, 7) is -0.393. The summed E-state index contributed by atoms with van der Waals surface area (Å²) in [6.07, 6.45) is 5.99. The third kappa shape index (κ3) is 3.97. The summed E-state index contributed by atoms with van der Waals surface area (Å²) in [5.41, 5.74) is 1.84. The Bertz CT molecular complexity index is 772. The van der Waals surface area contributed by atoms with Gasteiger partial charge in [-0.2, -0.15) is 5.26 Å². The van der Waals surface area contributed by atoms with Crippen LogP contribution in [0.5, 0.6) is 0 Å². The molecule has 27 heavy (non-hydrogen) atoms. The Labute approximate surface area is 160 Å². The van der Waals surface area contributed by atoms with Crippen LogP contribution in [-0.4, -0.2) is 32.5 Å². The normalized spacial score (nSPS) is 16.7. The number of ketones is 1. The summed E-state index contributed by atoms with van der Waals surface area (Å²) in [5.74, 6) is 0.0359. The Morgan fingerprint density at radius 1 is 1.11 bits per heavy atom. The average molecular weight is 367 g/mol. The van der Waals surface area contributed by atoms with Gasteiger partial charge < -0.3 is 14.5 Å². The van der Waals surface area contributed by atoms with Crippen molar-refractivity contribution < 1.29 is 14.3 Å². The van der Waals surface area contributed by atoms with Crippen molar-refractivity contribution in [1.29, 1.82) is 5.26 Å². The number of carbonyl (C=O) groups excluding carboxylic acids is 2. The predicted molar refractivity (Wildman–Crippen MR) is 103 cm³/mol. The molecule has 6 nitrogen and oxygen atoms in total. The van der Waals surface area contributed by atoms with Crippen molar-refractivity contribution in [3.8, 4) is 6.07 Å². The number of benzene rings is 1. The van der Waals surface area contributed by atoms with Crippen molar-refractivity contribution in [1.82, 2.24) is 0 Å². The largest absolute Gasteiger partial charge is 0.457 e. The number of nitrogens with zero attached hydrogens (tertiary/aromatic N) is 3. The van der Waals surface area contributed by atoms with E-state index >= 15 is 0 Å². The van der Waals surface area contributed by atoms with Crippen molar-refractivity contribution in [2.24, 2.45) is 5.92 Å². The lowest BCUT2D eigenvalue weighted by Crippen LogP contribution is -2.28. The maximum atomic E-state index is 12.6. The molecule has 3 rings (SSSR count). The third-order valence-electron chi connectivity index (χ3n) is 5.40. The van der Waals surface area contributed by atoms with Crippen LogP contribution in [0.2, 0.25) is 0 Å². The molecule has 0 N–H and O–H groups in total. The van der Waals surface area contributed by atoms with E-state index < -0.39 is 12.4 Å². The number of esters is 1. The summed E-state index contributed by atoms with van der Waals surface area (Å²) < 4.78 is 5.19. The molecule has 0 saturated heterocycles. The monoisotopic (exact) mass is 367 g/mol. The Morgan fingerprint density at radius 2 is 1.70 bits per heavy atom. The minimum atomic E-state index is -0.476. The van der Waals surface area contributed by atoms with E-state index in [2.05, 4.69) is 0 Å². The molecule has 0 atom stereocenters. The number of para-hydroxylation sites is 2. The van der Waals surface area contributed by atoms with Crippen molar-refractivity contribution in [3.05, 3.63) is 35.7 Å². The maximum Gasteiger partial charge on any atom is 0.306 e. The van der Waals surface area contributed by atoms with Gasteiger partial charge in [0, 0.05) is 20.5 Å². The van der Waals surface area contributed by atoms with Gasteiger partial charge in [-0.1, -0.05) is 31.4 Å². The SMILES string of the molecule is CN1C(=C(C#N)C(=O)COC(=O)CC2CCCCC2)N(C)c2ccccc21. The second kappa shape index (κ2) is 8.26. The number of carbonyl (C=O) groups is 2. The molecule has 1 aromatic rings. The van der Waals surface area contributed by atoms with E-state index in [9.17, 15) is 14.9 Å². The molecule has 1 aliphatic carbocycles. The van der Waals surface area contributed by atoms with Gasteiger partial charge in [-0.15, -0.1) is 0 Å². The van der Waals surface area contributed by atoms with E-state index in [0.717, 1.165) is 37.1 Å². The number of anilines is 2. The number of hydrogen-bond acceptors (Lipinski definition) is 6. The van der Waals surface area contributed by atoms with Gasteiger partial charge in [0.25, 0.3) is 0 Å². The van der Waals surface area contributed by atoms with Crippen molar-refractivity contribution in [2.75, 3.05) is 30.5 Å². The number of nitriles is 1. The lowest BCUT2D eigenvalue weighted by Gasteiger charge is -2.21. The first-order valence-electron chi connectivity index (χ1n) is 9.42. The molecule has 1 aliphatic heterocycles. The van der Waals surface area contributed by atoms with Gasteiger partial charge in [-0.3, -0.25) is 9.59 Å². The molecule has 0 spiro atoms. The van der Waals surface area contributed by atoms with E-state index in [1.54, 1.807) is 0 Å². The minimum Gasteiger partial charge on any atom is -0.457 e. The van der Waals surface area contributed by atoms with Crippen LogP contribution in [0, 0.1) is 17.2 Å². The number of rotatable bonds is 5. The summed E-state index contributed by atoms with van der Waals surface area (Å²) in [6, 6.07) is 9.69. The summed E-state index contributed by atoms with van der Waals surface area (Å²) >= 11 is 0. The maximum absolute atomic E-state index is 12.6. The van der Waals surface area contributed by atoms with Gasteiger partial charge in [0.1, 0.15) is 17.5 Å². The van der Waals surface area contributed by atoms with Crippen molar-refractivity contribution in [2.45, 2.75) is 38.5 Å². The molecule has 6 heteroatoms. The first kappa shape index (κ1) is 19.0. The zero-order chi connectivity index (χ0) is 19.4. The molecule has 0 bridgehead atoms. The van der Waals surface area contributed by atoms with E-state index in [1.807, 2.05) is 54.2 Å². The molecular formula is C21H25N3O3. The van der Waals surface area contributed by atoms with Gasteiger partial charge in [0.05, 0.1) is 11.4 Å². The lowest BCUT2D eigenvalue weighted by molar-refractivity contribution is -0.148. The molecule has 1 fully saturated rings. The zero-order valence-electron chi connectivity index (χ0n) is 15.9. The lowest BCUT2D eigenvalue weighted by atomic mass is 9.87. The van der Waals surface area contributed by atoms with E-state index in [1.165, 1.54) is 6.42 Å². The molecular weight excluding hydrogens is 342 g/mol. The van der Waals surface area contributed by atoms with Crippen molar-refractivity contribution in [3.63, 3.8) is 0 Å². The smallest absolute Gasteiger partial charge is 0.306 e. The predicted octanol–water partition coefficient (Wildman–Crippen LogP) is 3.39. The third-order valence-corrected chi connectivity index (χ3v) is 5.40. The van der Waals surface area contributed by atoms with Crippen LogP contribution in [0.4, 0.5) is 11.4 Å². The molecule has 2 aliphatic rings. The molecule has 0 radical (unpaired) electrons. The number of ether oxygens (including phenoxy) is 1. The molecule has 0 aromatic heterocycles. The summed E-state index contributed by atoms with van der Waals surface area (Å²) in [5, 5.41) is 9.58. The molecule has 0 unspecified atom stereocenters. The van der Waals surface area contributed by atoms with Crippen LogP contribution in [0.3, 0.4) is 0 Å². The second-order valence-corrected chi connectivity index (χ2v) is 7.21. The van der Waals surface area contributed by atoms with Crippen LogP contribution >= 0.6 is 0 Å². The first-order chi connectivity index (χ1) is 13.0. The highest BCUT2D eigenvalue weighted by molar-refractivity contribution is 6.03. The van der Waals surface area contributed by atoms with Gasteiger partial charge >= 0.3 is 5.97 Å². The number of Topliss-reactive ketones (excluding diaryl/α,β-unsaturated/α-hetero) is 1. The highest BCUT2D eigenvalue weighted by Crippen LogP contribution is 2.40. The van der Waals surface area contributed by atoms with Crippen LogP contribution in [-0.2, 0) is 14.3 Å². The van der Waals surface area contributed by atoms with Crippen molar-refractivity contribution >= 4 is 23.1 Å². The molecule has 1 saturated carbocycles. The van der Waals surface area contributed by atoms with Gasteiger partial charge in [0.2, 0.25) is 5.78 Å². The minimum absolute atomic E-state index is 0.00154. The first-order valence-corrected chi connectivity index (χ1v) is 9.42. The second-order valence-electron chi connectivity index (χ2n) is 7.21. The van der Waals surface area contributed by atoms with Crippen LogP contribution in [0.15, 0.2) is 35.7 Å². The van der Waals surface area contributed by atoms with Crippen LogP contribution < -0.4 is 9.80 Å². The van der Waals surface area contributed by atoms with E-state index in [4.69, 9.17) is 4.74 Å². The Morgan fingerprint density at radius 3 is 2.26 bits per heavy atom. The van der Waals surface area contributed by atoms with Gasteiger partial charge in [-0.05, 0) is 30.9 Å². The fourth-order valence-electron chi connectivity index (χ4n) is 3.96. The van der Waals surface area contributed by atoms with E-state index in [0.29, 0.717) is 18.2 Å². The summed E-state index contributed by atoms with van der Waals surface area (Å²) in [4.78, 5) is 28.3. The molecule has 1 heterocycles. The number of fused-ring (bicyclic) bond motifs is 1. The Kier molecular flexibility index (Phi) is 5.80. The average Bonchev–Trinajstić information content (AvgIpc) is 2.93. The summed E-state index contributed by atoms with van der Waals surface area (Å²) in [7, 11) is 3.63. The highest BCUT2D eigenvalue weighted by atomic mass is 16.5. The molecule has 0 amide bonds. The Balaban J connectivity index is 1.67. The fourth-order valence-corrected chi connectivity index (χ4v) is 3.96. The topological polar surface area (TPSA) is 73.6 Å². The standard InChI is InChI=1S/C21H25N3O3/c1-23-17-10-6-7-11-18(17)24(2)21(23)16(13-22)19(25)14-27-20(26)12-15-8-4-3-5-9-15/h6-7,10-11,15H,3-5,8-9,12,14H2,1-2H3.